The van der Waals surface area contributed by atoms with Crippen molar-refractivity contribution >= 4 is 23.0 Å². The van der Waals surface area contributed by atoms with E-state index in [0.29, 0.717) is 17.2 Å². The molecular weight excluding hydrogens is 358 g/mol. The Morgan fingerprint density at radius 1 is 0.821 bits per heavy atom. The van der Waals surface area contributed by atoms with Gasteiger partial charge in [-0.3, -0.25) is 4.79 Å². The van der Waals surface area contributed by atoms with Crippen LogP contribution in [-0.2, 0) is 0 Å². The molecule has 1 heterocycles. The zero-order chi connectivity index (χ0) is 19.9. The minimum atomic E-state index is -0.334. The van der Waals surface area contributed by atoms with Gasteiger partial charge < -0.3 is 24.8 Å². The number of hydrogen-bond donors (Lipinski definition) is 2. The molecule has 3 rings (SSSR count). The molecule has 0 saturated carbocycles. The van der Waals surface area contributed by atoms with Crippen molar-refractivity contribution in [2.45, 2.75) is 0 Å². The fourth-order valence-corrected chi connectivity index (χ4v) is 2.53. The van der Waals surface area contributed by atoms with Crippen LogP contribution in [0.1, 0.15) is 10.5 Å². The molecular formula is C21H21N3O4. The van der Waals surface area contributed by atoms with Crippen molar-refractivity contribution < 1.29 is 19.0 Å². The summed E-state index contributed by atoms with van der Waals surface area (Å²) in [5.41, 5.74) is 2.49. The van der Waals surface area contributed by atoms with E-state index in [1.807, 2.05) is 24.3 Å². The molecule has 0 unspecified atom stereocenters. The fourth-order valence-electron chi connectivity index (χ4n) is 2.53. The summed E-state index contributed by atoms with van der Waals surface area (Å²) in [6.07, 6.45) is 1.60. The number of rotatable bonds is 7. The zero-order valence-electron chi connectivity index (χ0n) is 15.9. The lowest BCUT2D eigenvalue weighted by molar-refractivity contribution is 0.102. The first-order chi connectivity index (χ1) is 13.6. The van der Waals surface area contributed by atoms with Crippen LogP contribution in [0.2, 0.25) is 0 Å². The molecule has 7 nitrogen and oxygen atoms in total. The molecule has 0 fully saturated rings. The normalized spacial score (nSPS) is 10.1. The molecule has 0 saturated heterocycles. The summed E-state index contributed by atoms with van der Waals surface area (Å²) in [5.74, 6) is 1.59. The smallest absolute Gasteiger partial charge is 0.274 e. The molecule has 7 heteroatoms. The fraction of sp³-hybridized carbons (Fsp3) is 0.143. The van der Waals surface area contributed by atoms with Crippen molar-refractivity contribution in [3.05, 3.63) is 66.5 Å². The minimum absolute atomic E-state index is 0.290. The Labute approximate surface area is 163 Å². The third kappa shape index (κ3) is 4.50. The van der Waals surface area contributed by atoms with E-state index in [4.69, 9.17) is 14.2 Å². The van der Waals surface area contributed by atoms with E-state index in [1.54, 1.807) is 50.7 Å². The molecule has 0 bridgehead atoms. The van der Waals surface area contributed by atoms with Gasteiger partial charge in [0.2, 0.25) is 0 Å². The molecule has 28 heavy (non-hydrogen) atoms. The maximum Gasteiger partial charge on any atom is 0.274 e. The molecule has 0 spiro atoms. The molecule has 1 aromatic heterocycles. The predicted molar refractivity (Wildman–Crippen MR) is 108 cm³/mol. The largest absolute Gasteiger partial charge is 0.497 e. The van der Waals surface area contributed by atoms with Gasteiger partial charge in [0.25, 0.3) is 5.91 Å². The minimum Gasteiger partial charge on any atom is -0.497 e. The Bertz CT molecular complexity index is 941. The maximum absolute atomic E-state index is 12.5. The molecule has 1 amide bonds. The quantitative estimate of drug-likeness (QED) is 0.643. The second-order valence-electron chi connectivity index (χ2n) is 5.81. The van der Waals surface area contributed by atoms with Crippen LogP contribution in [-0.4, -0.2) is 32.2 Å². The second kappa shape index (κ2) is 8.77. The van der Waals surface area contributed by atoms with Crippen molar-refractivity contribution in [3.8, 4) is 17.2 Å². The molecule has 3 aromatic rings. The van der Waals surface area contributed by atoms with Gasteiger partial charge in [0.15, 0.2) is 0 Å². The topological polar surface area (TPSA) is 81.7 Å². The summed E-state index contributed by atoms with van der Waals surface area (Å²) >= 11 is 0. The van der Waals surface area contributed by atoms with E-state index in [-0.39, 0.29) is 11.6 Å². The van der Waals surface area contributed by atoms with Crippen LogP contribution in [0.25, 0.3) is 0 Å². The van der Waals surface area contributed by atoms with Crippen molar-refractivity contribution in [1.82, 2.24) is 4.98 Å². The van der Waals surface area contributed by atoms with E-state index in [2.05, 4.69) is 15.6 Å². The number of aromatic nitrogens is 1. The van der Waals surface area contributed by atoms with E-state index in [1.165, 1.54) is 7.11 Å². The van der Waals surface area contributed by atoms with E-state index < -0.39 is 0 Å². The molecule has 2 N–H and O–H groups in total. The first-order valence-corrected chi connectivity index (χ1v) is 8.53. The molecule has 0 aliphatic carbocycles. The average Bonchev–Trinajstić information content (AvgIpc) is 2.75. The van der Waals surface area contributed by atoms with Crippen LogP contribution in [0.5, 0.6) is 17.2 Å². The van der Waals surface area contributed by atoms with Crippen LogP contribution in [0.3, 0.4) is 0 Å². The molecule has 2 aromatic carbocycles. The molecule has 0 aliphatic rings. The summed E-state index contributed by atoms with van der Waals surface area (Å²) in [5, 5.41) is 6.01. The number of methoxy groups -OCH3 is 3. The highest BCUT2D eigenvalue weighted by molar-refractivity contribution is 6.03. The highest BCUT2D eigenvalue weighted by atomic mass is 16.5. The van der Waals surface area contributed by atoms with E-state index in [0.717, 1.165) is 17.1 Å². The third-order valence-corrected chi connectivity index (χ3v) is 4.03. The van der Waals surface area contributed by atoms with Gasteiger partial charge in [0.05, 0.1) is 38.9 Å². The first-order valence-electron chi connectivity index (χ1n) is 8.53. The highest BCUT2D eigenvalue weighted by Gasteiger charge is 2.12. The lowest BCUT2D eigenvalue weighted by Gasteiger charge is -2.12. The number of carbonyl (C=O) groups excluding carboxylic acids is 1. The number of nitrogens with zero attached hydrogens (tertiary/aromatic N) is 1. The molecule has 0 aliphatic heterocycles. The van der Waals surface area contributed by atoms with Crippen molar-refractivity contribution in [2.75, 3.05) is 32.0 Å². The van der Waals surface area contributed by atoms with Gasteiger partial charge in [-0.05, 0) is 48.5 Å². The summed E-state index contributed by atoms with van der Waals surface area (Å²) in [6.45, 7) is 0. The maximum atomic E-state index is 12.5. The molecule has 0 atom stereocenters. The van der Waals surface area contributed by atoms with Crippen molar-refractivity contribution in [1.29, 1.82) is 0 Å². The standard InChI is InChI=1S/C21H21N3O4/c1-26-16-7-4-14(5-8-16)23-15-6-10-19(22-13-15)21(25)24-18-11-9-17(27-2)12-20(18)28-3/h4-13,23H,1-3H3,(H,24,25). The summed E-state index contributed by atoms with van der Waals surface area (Å²) in [4.78, 5) is 16.7. The van der Waals surface area contributed by atoms with Gasteiger partial charge in [-0.15, -0.1) is 0 Å². The lowest BCUT2D eigenvalue weighted by atomic mass is 10.2. The van der Waals surface area contributed by atoms with Gasteiger partial charge >= 0.3 is 0 Å². The van der Waals surface area contributed by atoms with Gasteiger partial charge in [-0.2, -0.15) is 0 Å². The van der Waals surface area contributed by atoms with Crippen molar-refractivity contribution in [2.24, 2.45) is 0 Å². The van der Waals surface area contributed by atoms with Crippen LogP contribution in [0.4, 0.5) is 17.1 Å². The molecule has 144 valence electrons. The van der Waals surface area contributed by atoms with E-state index >= 15 is 0 Å². The Hall–Kier alpha value is -3.74. The second-order valence-corrected chi connectivity index (χ2v) is 5.81. The zero-order valence-corrected chi connectivity index (χ0v) is 15.9. The average molecular weight is 379 g/mol. The highest BCUT2D eigenvalue weighted by Crippen LogP contribution is 2.29. The van der Waals surface area contributed by atoms with Crippen LogP contribution in [0, 0.1) is 0 Å². The number of hydrogen-bond acceptors (Lipinski definition) is 6. The SMILES string of the molecule is COc1ccc(Nc2ccc(C(=O)Nc3ccc(OC)cc3OC)nc2)cc1. The molecule has 0 radical (unpaired) electrons. The van der Waals surface area contributed by atoms with Gasteiger partial charge in [0, 0.05) is 11.8 Å². The summed E-state index contributed by atoms with van der Waals surface area (Å²) in [7, 11) is 4.72. The van der Waals surface area contributed by atoms with Gasteiger partial charge in [-0.25, -0.2) is 4.98 Å². The van der Waals surface area contributed by atoms with E-state index in [9.17, 15) is 4.79 Å². The summed E-state index contributed by atoms with van der Waals surface area (Å²) < 4.78 is 15.6. The predicted octanol–water partition coefficient (Wildman–Crippen LogP) is 4.10. The van der Waals surface area contributed by atoms with Crippen LogP contribution in [0.15, 0.2) is 60.8 Å². The van der Waals surface area contributed by atoms with Crippen LogP contribution < -0.4 is 24.8 Å². The van der Waals surface area contributed by atoms with Gasteiger partial charge in [0.1, 0.15) is 22.9 Å². The monoisotopic (exact) mass is 379 g/mol. The number of carbonyl (C=O) groups is 1. The number of pyridine rings is 1. The number of nitrogens with one attached hydrogen (secondary N) is 2. The number of benzene rings is 2. The first kappa shape index (κ1) is 19.0. The Balaban J connectivity index is 1.68. The number of anilines is 3. The summed E-state index contributed by atoms with van der Waals surface area (Å²) in [6, 6.07) is 16.1. The van der Waals surface area contributed by atoms with Gasteiger partial charge in [-0.1, -0.05) is 0 Å². The third-order valence-electron chi connectivity index (χ3n) is 4.03. The Morgan fingerprint density at radius 2 is 1.50 bits per heavy atom. The Morgan fingerprint density at radius 3 is 2.11 bits per heavy atom. The Kier molecular flexibility index (Phi) is 5.96. The van der Waals surface area contributed by atoms with Crippen LogP contribution >= 0.6 is 0 Å². The number of ether oxygens (including phenoxy) is 3. The number of amides is 1. The van der Waals surface area contributed by atoms with Crippen molar-refractivity contribution in [3.63, 3.8) is 0 Å². The lowest BCUT2D eigenvalue weighted by Crippen LogP contribution is -2.14.